The van der Waals surface area contributed by atoms with Crippen LogP contribution in [-0.2, 0) is 6.42 Å². The Morgan fingerprint density at radius 2 is 1.80 bits per heavy atom. The molecule has 0 amide bonds. The molecule has 1 aliphatic carbocycles. The molecule has 3 unspecified atom stereocenters. The molecule has 2 nitrogen and oxygen atoms in total. The van der Waals surface area contributed by atoms with E-state index in [-0.39, 0.29) is 12.1 Å². The molecule has 0 saturated heterocycles. The molecule has 20 heavy (non-hydrogen) atoms. The van der Waals surface area contributed by atoms with Crippen LogP contribution in [0.25, 0.3) is 0 Å². The highest BCUT2D eigenvalue weighted by Crippen LogP contribution is 2.38. The highest BCUT2D eigenvalue weighted by Gasteiger charge is 2.35. The highest BCUT2D eigenvalue weighted by molar-refractivity contribution is 5.27. The molecular weight excluding hydrogens is 246 g/mol. The number of hydrogen-bond donors (Lipinski definition) is 1. The molecule has 0 heterocycles. The van der Waals surface area contributed by atoms with Crippen LogP contribution in [0.4, 0.5) is 0 Å². The molecule has 0 radical (unpaired) electrons. The smallest absolute Gasteiger partial charge is 0.119 e. The predicted molar refractivity (Wildman–Crippen MR) is 85.0 cm³/mol. The molecule has 2 N–H and O–H groups in total. The molecule has 1 aliphatic rings. The van der Waals surface area contributed by atoms with Gasteiger partial charge >= 0.3 is 0 Å². The fourth-order valence-electron chi connectivity index (χ4n) is 3.05. The Hall–Kier alpha value is -1.02. The van der Waals surface area contributed by atoms with Crippen LogP contribution in [0.3, 0.4) is 0 Å². The normalized spacial score (nSPS) is 27.4. The Kier molecular flexibility index (Phi) is 4.74. The second kappa shape index (κ2) is 6.17. The Bertz CT molecular complexity index is 418. The molecular formula is C18H29NO. The minimum atomic E-state index is 0.153. The van der Waals surface area contributed by atoms with Gasteiger partial charge in [-0.3, -0.25) is 0 Å². The lowest BCUT2D eigenvalue weighted by molar-refractivity contribution is 0.0592. The minimum Gasteiger partial charge on any atom is -0.489 e. The first-order chi connectivity index (χ1) is 9.40. The van der Waals surface area contributed by atoms with E-state index in [4.69, 9.17) is 10.5 Å². The second-order valence-electron chi connectivity index (χ2n) is 7.19. The third-order valence-electron chi connectivity index (χ3n) is 4.69. The van der Waals surface area contributed by atoms with Gasteiger partial charge in [-0.1, -0.05) is 39.8 Å². The van der Waals surface area contributed by atoms with E-state index in [0.29, 0.717) is 11.3 Å². The van der Waals surface area contributed by atoms with Crippen molar-refractivity contribution in [2.45, 2.75) is 65.5 Å². The maximum absolute atomic E-state index is 6.26. The summed E-state index contributed by atoms with van der Waals surface area (Å²) in [5.74, 6) is 1.65. The average molecular weight is 275 g/mol. The van der Waals surface area contributed by atoms with E-state index in [2.05, 4.69) is 52.0 Å². The summed E-state index contributed by atoms with van der Waals surface area (Å²) >= 11 is 0. The molecule has 2 rings (SSSR count). The first-order valence-corrected chi connectivity index (χ1v) is 7.91. The van der Waals surface area contributed by atoms with Gasteiger partial charge in [0.2, 0.25) is 0 Å². The molecule has 0 aromatic heterocycles. The van der Waals surface area contributed by atoms with Crippen molar-refractivity contribution >= 4 is 0 Å². The monoisotopic (exact) mass is 275 g/mol. The van der Waals surface area contributed by atoms with Crippen LogP contribution in [0.15, 0.2) is 24.3 Å². The van der Waals surface area contributed by atoms with Crippen LogP contribution in [0, 0.1) is 11.3 Å². The van der Waals surface area contributed by atoms with Crippen molar-refractivity contribution in [2.75, 3.05) is 0 Å². The number of rotatable bonds is 3. The van der Waals surface area contributed by atoms with E-state index in [9.17, 15) is 0 Å². The van der Waals surface area contributed by atoms with Crippen molar-refractivity contribution in [1.29, 1.82) is 0 Å². The van der Waals surface area contributed by atoms with Gasteiger partial charge in [0.25, 0.3) is 0 Å². The second-order valence-corrected chi connectivity index (χ2v) is 7.19. The van der Waals surface area contributed by atoms with E-state index >= 15 is 0 Å². The van der Waals surface area contributed by atoms with Gasteiger partial charge in [-0.2, -0.15) is 0 Å². The maximum atomic E-state index is 6.26. The van der Waals surface area contributed by atoms with E-state index < -0.39 is 0 Å². The fraction of sp³-hybridized carbons (Fsp3) is 0.667. The standard InChI is InChI=1S/C18H29NO/c1-5-13-6-9-15(10-7-13)20-17-12-14(18(2,3)4)8-11-16(17)19/h6-7,9-10,14,16-17H,5,8,11-12,19H2,1-4H3. The van der Waals surface area contributed by atoms with Crippen molar-refractivity contribution < 1.29 is 4.74 Å². The van der Waals surface area contributed by atoms with Gasteiger partial charge in [-0.05, 0) is 54.7 Å². The zero-order chi connectivity index (χ0) is 14.8. The summed E-state index contributed by atoms with van der Waals surface area (Å²) in [6.45, 7) is 9.13. The number of aryl methyl sites for hydroxylation is 1. The largest absolute Gasteiger partial charge is 0.489 e. The molecule has 3 atom stereocenters. The lowest BCUT2D eigenvalue weighted by Crippen LogP contribution is -2.46. The van der Waals surface area contributed by atoms with E-state index in [1.54, 1.807) is 0 Å². The number of hydrogen-bond acceptors (Lipinski definition) is 2. The zero-order valence-electron chi connectivity index (χ0n) is 13.4. The zero-order valence-corrected chi connectivity index (χ0v) is 13.4. The van der Waals surface area contributed by atoms with Gasteiger partial charge in [0.1, 0.15) is 11.9 Å². The molecule has 112 valence electrons. The van der Waals surface area contributed by atoms with Crippen molar-refractivity contribution in [3.05, 3.63) is 29.8 Å². The first kappa shape index (κ1) is 15.4. The van der Waals surface area contributed by atoms with Crippen LogP contribution in [0.2, 0.25) is 0 Å². The molecule has 1 aromatic rings. The van der Waals surface area contributed by atoms with Crippen LogP contribution < -0.4 is 10.5 Å². The predicted octanol–water partition coefficient (Wildman–Crippen LogP) is 4.17. The average Bonchev–Trinajstić information content (AvgIpc) is 2.41. The summed E-state index contributed by atoms with van der Waals surface area (Å²) in [7, 11) is 0. The van der Waals surface area contributed by atoms with Crippen molar-refractivity contribution in [2.24, 2.45) is 17.1 Å². The molecule has 1 aromatic carbocycles. The summed E-state index contributed by atoms with van der Waals surface area (Å²) in [4.78, 5) is 0. The lowest BCUT2D eigenvalue weighted by Gasteiger charge is -2.40. The van der Waals surface area contributed by atoms with Gasteiger partial charge in [-0.15, -0.1) is 0 Å². The van der Waals surface area contributed by atoms with Gasteiger partial charge in [0.05, 0.1) is 0 Å². The van der Waals surface area contributed by atoms with E-state index in [1.165, 1.54) is 12.0 Å². The quantitative estimate of drug-likeness (QED) is 0.898. The summed E-state index contributed by atoms with van der Waals surface area (Å²) in [6.07, 6.45) is 4.58. The number of benzene rings is 1. The number of ether oxygens (including phenoxy) is 1. The topological polar surface area (TPSA) is 35.2 Å². The Morgan fingerprint density at radius 3 is 2.35 bits per heavy atom. The van der Waals surface area contributed by atoms with E-state index in [0.717, 1.165) is 25.0 Å². The minimum absolute atomic E-state index is 0.153. The third kappa shape index (κ3) is 3.76. The van der Waals surface area contributed by atoms with Gasteiger partial charge in [-0.25, -0.2) is 0 Å². The Labute approximate surface area is 123 Å². The molecule has 1 saturated carbocycles. The number of nitrogens with two attached hydrogens (primary N) is 1. The van der Waals surface area contributed by atoms with Crippen LogP contribution in [0.5, 0.6) is 5.75 Å². The molecule has 0 spiro atoms. The van der Waals surface area contributed by atoms with Gasteiger partial charge in [0, 0.05) is 6.04 Å². The Morgan fingerprint density at radius 1 is 1.15 bits per heavy atom. The summed E-state index contributed by atoms with van der Waals surface area (Å²) < 4.78 is 6.17. The summed E-state index contributed by atoms with van der Waals surface area (Å²) in [5.41, 5.74) is 7.95. The van der Waals surface area contributed by atoms with Crippen molar-refractivity contribution in [1.82, 2.24) is 0 Å². The van der Waals surface area contributed by atoms with Crippen LogP contribution >= 0.6 is 0 Å². The fourth-order valence-corrected chi connectivity index (χ4v) is 3.05. The lowest BCUT2D eigenvalue weighted by atomic mass is 9.70. The molecule has 1 fully saturated rings. The Balaban J connectivity index is 2.02. The summed E-state index contributed by atoms with van der Waals surface area (Å²) in [5, 5.41) is 0. The van der Waals surface area contributed by atoms with Gasteiger partial charge in [0.15, 0.2) is 0 Å². The van der Waals surface area contributed by atoms with Crippen molar-refractivity contribution in [3.8, 4) is 5.75 Å². The first-order valence-electron chi connectivity index (χ1n) is 7.91. The molecule has 2 heteroatoms. The maximum Gasteiger partial charge on any atom is 0.119 e. The van der Waals surface area contributed by atoms with Gasteiger partial charge < -0.3 is 10.5 Å². The third-order valence-corrected chi connectivity index (χ3v) is 4.69. The molecule has 0 aliphatic heterocycles. The van der Waals surface area contributed by atoms with Crippen LogP contribution in [-0.4, -0.2) is 12.1 Å². The SMILES string of the molecule is CCc1ccc(OC2CC(C(C)(C)C)CCC2N)cc1. The highest BCUT2D eigenvalue weighted by atomic mass is 16.5. The molecule has 0 bridgehead atoms. The summed E-state index contributed by atoms with van der Waals surface area (Å²) in [6, 6.07) is 8.61. The van der Waals surface area contributed by atoms with Crippen molar-refractivity contribution in [3.63, 3.8) is 0 Å². The van der Waals surface area contributed by atoms with E-state index in [1.807, 2.05) is 0 Å². The van der Waals surface area contributed by atoms with Crippen LogP contribution in [0.1, 0.15) is 52.5 Å².